The van der Waals surface area contributed by atoms with E-state index >= 15 is 0 Å². The van der Waals surface area contributed by atoms with E-state index in [-0.39, 0.29) is 6.10 Å². The van der Waals surface area contributed by atoms with Crippen molar-refractivity contribution in [1.82, 2.24) is 9.80 Å². The van der Waals surface area contributed by atoms with Crippen molar-refractivity contribution in [3.05, 3.63) is 35.4 Å². The second-order valence-electron chi connectivity index (χ2n) is 5.74. The minimum absolute atomic E-state index is 0.385. The molecule has 1 unspecified atom stereocenters. The van der Waals surface area contributed by atoms with Crippen LogP contribution in [0.4, 0.5) is 0 Å². The van der Waals surface area contributed by atoms with Gasteiger partial charge in [0.05, 0.1) is 6.10 Å². The zero-order valence-corrected chi connectivity index (χ0v) is 12.2. The lowest BCUT2D eigenvalue weighted by atomic mass is 10.1. The molecule has 0 spiro atoms. The first-order valence-electron chi connectivity index (χ1n) is 7.30. The Morgan fingerprint density at radius 1 is 1.21 bits per heavy atom. The SMILES string of the molecule is Cc1ccc(C(O)CN(C)CCN2CCCC2)cc1. The number of aliphatic hydroxyl groups excluding tert-OH is 1. The van der Waals surface area contributed by atoms with Crippen molar-refractivity contribution >= 4 is 0 Å². The average Bonchev–Trinajstić information content (AvgIpc) is 2.90. The van der Waals surface area contributed by atoms with Gasteiger partial charge in [0, 0.05) is 19.6 Å². The van der Waals surface area contributed by atoms with Crippen molar-refractivity contribution in [3.8, 4) is 0 Å². The summed E-state index contributed by atoms with van der Waals surface area (Å²) in [5.41, 5.74) is 2.25. The Bertz CT molecular complexity index is 371. The highest BCUT2D eigenvalue weighted by molar-refractivity contribution is 5.23. The number of likely N-dealkylation sites (N-methyl/N-ethyl adjacent to an activating group) is 1. The Morgan fingerprint density at radius 2 is 1.84 bits per heavy atom. The maximum Gasteiger partial charge on any atom is 0.0916 e. The fourth-order valence-electron chi connectivity index (χ4n) is 2.60. The normalized spacial score (nSPS) is 18.1. The van der Waals surface area contributed by atoms with Crippen LogP contribution in [-0.4, -0.2) is 54.7 Å². The summed E-state index contributed by atoms with van der Waals surface area (Å²) in [5.74, 6) is 0. The molecule has 2 rings (SSSR count). The van der Waals surface area contributed by atoms with Gasteiger partial charge in [-0.2, -0.15) is 0 Å². The second-order valence-corrected chi connectivity index (χ2v) is 5.74. The van der Waals surface area contributed by atoms with Crippen LogP contribution in [0, 0.1) is 6.92 Å². The lowest BCUT2D eigenvalue weighted by molar-refractivity contribution is 0.121. The van der Waals surface area contributed by atoms with Gasteiger partial charge in [0.25, 0.3) is 0 Å². The fourth-order valence-corrected chi connectivity index (χ4v) is 2.60. The molecule has 3 heteroatoms. The fraction of sp³-hybridized carbons (Fsp3) is 0.625. The summed E-state index contributed by atoms with van der Waals surface area (Å²) >= 11 is 0. The number of nitrogens with zero attached hydrogens (tertiary/aromatic N) is 2. The van der Waals surface area contributed by atoms with Crippen LogP contribution in [0.25, 0.3) is 0 Å². The minimum atomic E-state index is -0.385. The topological polar surface area (TPSA) is 26.7 Å². The number of hydrogen-bond donors (Lipinski definition) is 1. The third-order valence-corrected chi connectivity index (χ3v) is 3.94. The Kier molecular flexibility index (Phi) is 5.37. The highest BCUT2D eigenvalue weighted by Crippen LogP contribution is 2.14. The van der Waals surface area contributed by atoms with Crippen LogP contribution in [0.1, 0.15) is 30.1 Å². The highest BCUT2D eigenvalue weighted by Gasteiger charge is 2.14. The van der Waals surface area contributed by atoms with Crippen LogP contribution in [0.5, 0.6) is 0 Å². The van der Waals surface area contributed by atoms with Gasteiger partial charge in [-0.25, -0.2) is 0 Å². The third kappa shape index (κ3) is 4.60. The summed E-state index contributed by atoms with van der Waals surface area (Å²) in [5, 5.41) is 10.2. The Labute approximate surface area is 116 Å². The Balaban J connectivity index is 1.74. The molecule has 106 valence electrons. The lowest BCUT2D eigenvalue weighted by Crippen LogP contribution is -2.33. The predicted molar refractivity (Wildman–Crippen MR) is 79.3 cm³/mol. The van der Waals surface area contributed by atoms with E-state index in [1.165, 1.54) is 31.5 Å². The first-order chi connectivity index (χ1) is 9.15. The molecule has 1 heterocycles. The summed E-state index contributed by atoms with van der Waals surface area (Å²) < 4.78 is 0. The summed E-state index contributed by atoms with van der Waals surface area (Å²) in [4.78, 5) is 4.73. The molecule has 0 saturated carbocycles. The van der Waals surface area contributed by atoms with Gasteiger partial charge >= 0.3 is 0 Å². The maximum atomic E-state index is 10.2. The van der Waals surface area contributed by atoms with Gasteiger partial charge in [-0.15, -0.1) is 0 Å². The van der Waals surface area contributed by atoms with E-state index in [4.69, 9.17) is 0 Å². The molecule has 3 nitrogen and oxygen atoms in total. The molecular weight excluding hydrogens is 236 g/mol. The smallest absolute Gasteiger partial charge is 0.0916 e. The number of likely N-dealkylation sites (tertiary alicyclic amines) is 1. The maximum absolute atomic E-state index is 10.2. The molecule has 1 fully saturated rings. The van der Waals surface area contributed by atoms with Crippen molar-refractivity contribution in [3.63, 3.8) is 0 Å². The molecule has 19 heavy (non-hydrogen) atoms. The Hall–Kier alpha value is -0.900. The van der Waals surface area contributed by atoms with E-state index in [1.807, 2.05) is 12.1 Å². The zero-order chi connectivity index (χ0) is 13.7. The van der Waals surface area contributed by atoms with Gasteiger partial charge in [-0.3, -0.25) is 0 Å². The van der Waals surface area contributed by atoms with Crippen LogP contribution in [-0.2, 0) is 0 Å². The van der Waals surface area contributed by atoms with Gasteiger partial charge in [0.15, 0.2) is 0 Å². The molecule has 0 radical (unpaired) electrons. The number of aryl methyl sites for hydroxylation is 1. The van der Waals surface area contributed by atoms with Crippen LogP contribution >= 0.6 is 0 Å². The molecule has 1 aliphatic rings. The van der Waals surface area contributed by atoms with Gasteiger partial charge in [-0.05, 0) is 45.5 Å². The van der Waals surface area contributed by atoms with E-state index in [1.54, 1.807) is 0 Å². The van der Waals surface area contributed by atoms with E-state index in [0.717, 1.165) is 18.7 Å². The molecule has 1 aromatic rings. The monoisotopic (exact) mass is 262 g/mol. The molecule has 1 saturated heterocycles. The number of aliphatic hydroxyl groups is 1. The number of rotatable bonds is 6. The van der Waals surface area contributed by atoms with Crippen molar-refractivity contribution in [2.24, 2.45) is 0 Å². The Morgan fingerprint density at radius 3 is 2.47 bits per heavy atom. The molecule has 1 aromatic carbocycles. The lowest BCUT2D eigenvalue weighted by Gasteiger charge is -2.23. The van der Waals surface area contributed by atoms with Gasteiger partial charge in [0.2, 0.25) is 0 Å². The molecule has 0 aromatic heterocycles. The van der Waals surface area contributed by atoms with Gasteiger partial charge < -0.3 is 14.9 Å². The minimum Gasteiger partial charge on any atom is -0.387 e. The second kappa shape index (κ2) is 7.04. The highest BCUT2D eigenvalue weighted by atomic mass is 16.3. The molecule has 1 N–H and O–H groups in total. The molecule has 0 bridgehead atoms. The van der Waals surface area contributed by atoms with Crippen LogP contribution in [0.3, 0.4) is 0 Å². The van der Waals surface area contributed by atoms with Crippen LogP contribution in [0.2, 0.25) is 0 Å². The van der Waals surface area contributed by atoms with Gasteiger partial charge in [0.1, 0.15) is 0 Å². The molecule has 1 atom stereocenters. The van der Waals surface area contributed by atoms with Crippen molar-refractivity contribution in [2.45, 2.75) is 25.9 Å². The molecular formula is C16H26N2O. The third-order valence-electron chi connectivity index (χ3n) is 3.94. The van der Waals surface area contributed by atoms with Gasteiger partial charge in [-0.1, -0.05) is 29.8 Å². The average molecular weight is 262 g/mol. The quantitative estimate of drug-likeness (QED) is 0.850. The first-order valence-corrected chi connectivity index (χ1v) is 7.30. The largest absolute Gasteiger partial charge is 0.387 e. The van der Waals surface area contributed by atoms with Crippen LogP contribution < -0.4 is 0 Å². The summed E-state index contributed by atoms with van der Waals surface area (Å²) in [6.45, 7) is 7.41. The van der Waals surface area contributed by atoms with E-state index < -0.39 is 0 Å². The number of hydrogen-bond acceptors (Lipinski definition) is 3. The van der Waals surface area contributed by atoms with Crippen molar-refractivity contribution in [2.75, 3.05) is 39.8 Å². The first kappa shape index (κ1) is 14.5. The summed E-state index contributed by atoms with van der Waals surface area (Å²) in [6.07, 6.45) is 2.30. The van der Waals surface area contributed by atoms with Crippen molar-refractivity contribution < 1.29 is 5.11 Å². The van der Waals surface area contributed by atoms with E-state index in [0.29, 0.717) is 6.54 Å². The predicted octanol–water partition coefficient (Wildman–Crippen LogP) is 2.06. The number of benzene rings is 1. The summed E-state index contributed by atoms with van der Waals surface area (Å²) in [7, 11) is 2.09. The molecule has 0 aliphatic carbocycles. The molecule has 1 aliphatic heterocycles. The van der Waals surface area contributed by atoms with Crippen LogP contribution in [0.15, 0.2) is 24.3 Å². The standard InChI is InChI=1S/C16H26N2O/c1-14-5-7-15(8-6-14)16(19)13-17(2)11-12-18-9-3-4-10-18/h5-8,16,19H,3-4,9-13H2,1-2H3. The van der Waals surface area contributed by atoms with E-state index in [2.05, 4.69) is 35.9 Å². The zero-order valence-electron chi connectivity index (χ0n) is 12.2. The van der Waals surface area contributed by atoms with E-state index in [9.17, 15) is 5.11 Å². The summed E-state index contributed by atoms with van der Waals surface area (Å²) in [6, 6.07) is 8.16. The van der Waals surface area contributed by atoms with Crippen molar-refractivity contribution in [1.29, 1.82) is 0 Å². The molecule has 0 amide bonds.